The van der Waals surface area contributed by atoms with Crippen LogP contribution in [0.25, 0.3) is 0 Å². The van der Waals surface area contributed by atoms with Gasteiger partial charge in [-0.25, -0.2) is 0 Å². The van der Waals surface area contributed by atoms with E-state index in [2.05, 4.69) is 0 Å². The molecule has 1 aliphatic heterocycles. The van der Waals surface area contributed by atoms with Crippen molar-refractivity contribution in [2.24, 2.45) is 11.1 Å². The van der Waals surface area contributed by atoms with Gasteiger partial charge in [0.2, 0.25) is 11.8 Å². The van der Waals surface area contributed by atoms with E-state index < -0.39 is 5.54 Å². The molecule has 0 unspecified atom stereocenters. The molecule has 0 atom stereocenters. The first-order valence-electron chi connectivity index (χ1n) is 6.96. The Kier molecular flexibility index (Phi) is 3.49. The summed E-state index contributed by atoms with van der Waals surface area (Å²) in [6.45, 7) is 4.04. The number of rotatable bonds is 2. The largest absolute Gasteiger partial charge is 0.328 e. The van der Waals surface area contributed by atoms with Crippen molar-refractivity contribution in [2.75, 3.05) is 6.54 Å². The Morgan fingerprint density at radius 1 is 1.11 bits per heavy atom. The maximum Gasteiger partial charge on any atom is 0.230 e. The molecule has 4 heteroatoms. The van der Waals surface area contributed by atoms with Crippen LogP contribution in [0.5, 0.6) is 0 Å². The van der Waals surface area contributed by atoms with Gasteiger partial charge in [0.05, 0.1) is 5.54 Å². The van der Waals surface area contributed by atoms with E-state index in [1.165, 1.54) is 11.3 Å². The lowest BCUT2D eigenvalue weighted by molar-refractivity contribution is -0.161. The lowest BCUT2D eigenvalue weighted by atomic mass is 9.67. The molecule has 0 radical (unpaired) electrons. The van der Waals surface area contributed by atoms with Gasteiger partial charge in [-0.1, -0.05) is 19.3 Å². The Hall–Kier alpha value is -0.900. The molecule has 0 aromatic heterocycles. The van der Waals surface area contributed by atoms with Crippen LogP contribution in [0.1, 0.15) is 58.8 Å². The first-order chi connectivity index (χ1) is 8.40. The van der Waals surface area contributed by atoms with Crippen LogP contribution < -0.4 is 5.73 Å². The van der Waals surface area contributed by atoms with Gasteiger partial charge in [-0.3, -0.25) is 14.5 Å². The van der Waals surface area contributed by atoms with Gasteiger partial charge in [0.1, 0.15) is 0 Å². The number of carbonyl (C=O) groups is 2. The highest BCUT2D eigenvalue weighted by atomic mass is 16.2. The van der Waals surface area contributed by atoms with E-state index in [1.807, 2.05) is 13.8 Å². The zero-order valence-corrected chi connectivity index (χ0v) is 11.5. The zero-order chi connectivity index (χ0) is 13.4. The van der Waals surface area contributed by atoms with Crippen molar-refractivity contribution in [3.05, 3.63) is 0 Å². The van der Waals surface area contributed by atoms with Crippen LogP contribution in [0.4, 0.5) is 0 Å². The summed E-state index contributed by atoms with van der Waals surface area (Å²) < 4.78 is 0. The normalized spacial score (nSPS) is 24.7. The van der Waals surface area contributed by atoms with Gasteiger partial charge in [-0.05, 0) is 32.1 Å². The molecule has 2 N–H and O–H groups in total. The van der Waals surface area contributed by atoms with E-state index in [1.54, 1.807) is 0 Å². The van der Waals surface area contributed by atoms with Gasteiger partial charge in [0.25, 0.3) is 0 Å². The minimum Gasteiger partial charge on any atom is -0.328 e. The predicted molar refractivity (Wildman–Crippen MR) is 69.7 cm³/mol. The van der Waals surface area contributed by atoms with Crippen LogP contribution in [-0.2, 0) is 9.59 Å². The predicted octanol–water partition coefficient (Wildman–Crippen LogP) is 1.82. The molecule has 102 valence electrons. The molecule has 1 saturated carbocycles. The summed E-state index contributed by atoms with van der Waals surface area (Å²) in [7, 11) is 0. The average Bonchev–Trinajstić information content (AvgIpc) is 2.28. The number of carbonyl (C=O) groups excluding carboxylic acids is 2. The number of amides is 2. The molecule has 2 rings (SSSR count). The fourth-order valence-electron chi connectivity index (χ4n) is 3.42. The summed E-state index contributed by atoms with van der Waals surface area (Å²) in [5, 5.41) is 0. The van der Waals surface area contributed by atoms with Crippen LogP contribution in [-0.4, -0.2) is 28.8 Å². The summed E-state index contributed by atoms with van der Waals surface area (Å²) in [4.78, 5) is 26.1. The maximum atomic E-state index is 12.3. The summed E-state index contributed by atoms with van der Waals surface area (Å²) in [6.07, 6.45) is 6.66. The van der Waals surface area contributed by atoms with Crippen LogP contribution in [0.2, 0.25) is 0 Å². The Labute approximate surface area is 109 Å². The maximum absolute atomic E-state index is 12.3. The lowest BCUT2D eigenvalue weighted by Crippen LogP contribution is -2.59. The standard InChI is InChI=1S/C14H24N2O2/c1-13(2,10-15)16-11(17)8-14(9-12(16)18)6-4-3-5-7-14/h3-10,15H2,1-2H3. The van der Waals surface area contributed by atoms with Crippen molar-refractivity contribution in [2.45, 2.75) is 64.3 Å². The number of likely N-dealkylation sites (tertiary alicyclic amines) is 1. The first kappa shape index (κ1) is 13.5. The summed E-state index contributed by atoms with van der Waals surface area (Å²) >= 11 is 0. The molecule has 1 spiro atoms. The number of nitrogens with two attached hydrogens (primary N) is 1. The molecule has 0 bridgehead atoms. The van der Waals surface area contributed by atoms with Gasteiger partial charge in [0, 0.05) is 19.4 Å². The Morgan fingerprint density at radius 2 is 1.61 bits per heavy atom. The molecule has 18 heavy (non-hydrogen) atoms. The second-order valence-corrected chi connectivity index (χ2v) is 6.55. The van der Waals surface area contributed by atoms with E-state index in [0.717, 1.165) is 25.7 Å². The van der Waals surface area contributed by atoms with Crippen molar-refractivity contribution in [1.29, 1.82) is 0 Å². The van der Waals surface area contributed by atoms with Crippen LogP contribution in [0.15, 0.2) is 0 Å². The van der Waals surface area contributed by atoms with Gasteiger partial charge >= 0.3 is 0 Å². The van der Waals surface area contributed by atoms with E-state index >= 15 is 0 Å². The minimum absolute atomic E-state index is 0.0244. The van der Waals surface area contributed by atoms with Crippen LogP contribution >= 0.6 is 0 Å². The van der Waals surface area contributed by atoms with Crippen molar-refractivity contribution in [1.82, 2.24) is 4.90 Å². The number of hydrogen-bond donors (Lipinski definition) is 1. The smallest absolute Gasteiger partial charge is 0.230 e. The van der Waals surface area contributed by atoms with E-state index in [0.29, 0.717) is 19.4 Å². The molecule has 2 aliphatic rings. The summed E-state index contributed by atoms with van der Waals surface area (Å²) in [5.41, 5.74) is 5.10. The zero-order valence-electron chi connectivity index (χ0n) is 11.5. The molecule has 1 heterocycles. The van der Waals surface area contributed by atoms with Crippen molar-refractivity contribution >= 4 is 11.8 Å². The highest BCUT2D eigenvalue weighted by Gasteiger charge is 2.47. The highest BCUT2D eigenvalue weighted by molar-refractivity contribution is 5.99. The molecule has 2 amide bonds. The fourth-order valence-corrected chi connectivity index (χ4v) is 3.42. The Bertz CT molecular complexity index is 337. The molecule has 2 fully saturated rings. The van der Waals surface area contributed by atoms with E-state index in [9.17, 15) is 9.59 Å². The molecular formula is C14H24N2O2. The van der Waals surface area contributed by atoms with Gasteiger partial charge in [0.15, 0.2) is 0 Å². The van der Waals surface area contributed by atoms with Crippen molar-refractivity contribution < 1.29 is 9.59 Å². The first-order valence-corrected chi connectivity index (χ1v) is 6.96. The quantitative estimate of drug-likeness (QED) is 0.762. The average molecular weight is 252 g/mol. The van der Waals surface area contributed by atoms with E-state index in [4.69, 9.17) is 5.73 Å². The number of piperidine rings is 1. The molecule has 1 saturated heterocycles. The second kappa shape index (κ2) is 4.65. The van der Waals surface area contributed by atoms with Crippen molar-refractivity contribution in [3.8, 4) is 0 Å². The van der Waals surface area contributed by atoms with Crippen LogP contribution in [0, 0.1) is 5.41 Å². The molecule has 1 aliphatic carbocycles. The Morgan fingerprint density at radius 3 is 2.06 bits per heavy atom. The molecular weight excluding hydrogens is 228 g/mol. The topological polar surface area (TPSA) is 63.4 Å². The summed E-state index contributed by atoms with van der Waals surface area (Å²) in [6, 6.07) is 0. The second-order valence-electron chi connectivity index (χ2n) is 6.55. The SMILES string of the molecule is CC(C)(CN)N1C(=O)CC2(CCCCC2)CC1=O. The molecule has 0 aromatic rings. The third-order valence-corrected chi connectivity index (χ3v) is 4.57. The fraction of sp³-hybridized carbons (Fsp3) is 0.857. The Balaban J connectivity index is 2.18. The van der Waals surface area contributed by atoms with E-state index in [-0.39, 0.29) is 17.2 Å². The number of imide groups is 1. The molecule has 4 nitrogen and oxygen atoms in total. The number of nitrogens with zero attached hydrogens (tertiary/aromatic N) is 1. The minimum atomic E-state index is -0.551. The van der Waals surface area contributed by atoms with Gasteiger partial charge in [-0.15, -0.1) is 0 Å². The van der Waals surface area contributed by atoms with Gasteiger partial charge < -0.3 is 5.73 Å². The lowest BCUT2D eigenvalue weighted by Gasteiger charge is -2.46. The third kappa shape index (κ3) is 2.30. The third-order valence-electron chi connectivity index (χ3n) is 4.57. The van der Waals surface area contributed by atoms with Gasteiger partial charge in [-0.2, -0.15) is 0 Å². The summed E-state index contributed by atoms with van der Waals surface area (Å²) in [5.74, 6) is -0.0489. The van der Waals surface area contributed by atoms with Crippen LogP contribution in [0.3, 0.4) is 0 Å². The monoisotopic (exact) mass is 252 g/mol. The number of hydrogen-bond acceptors (Lipinski definition) is 3. The molecule has 0 aromatic carbocycles. The van der Waals surface area contributed by atoms with Crippen molar-refractivity contribution in [3.63, 3.8) is 0 Å². The highest BCUT2D eigenvalue weighted by Crippen LogP contribution is 2.46.